The molecule has 120 valence electrons. The largest absolute Gasteiger partial charge is 0.486 e. The number of fused-ring (bicyclic) bond motifs is 1. The molecule has 3 rings (SSSR count). The summed E-state index contributed by atoms with van der Waals surface area (Å²) in [7, 11) is 0. The van der Waals surface area contributed by atoms with Gasteiger partial charge in [-0.25, -0.2) is 13.8 Å². The first-order chi connectivity index (χ1) is 11.0. The van der Waals surface area contributed by atoms with E-state index in [4.69, 9.17) is 27.9 Å². The summed E-state index contributed by atoms with van der Waals surface area (Å²) in [5, 5.41) is 5.83. The van der Waals surface area contributed by atoms with E-state index in [0.29, 0.717) is 11.7 Å². The number of halogens is 4. The van der Waals surface area contributed by atoms with Gasteiger partial charge in [-0.2, -0.15) is 5.10 Å². The smallest absolute Gasteiger partial charge is 0.272 e. The molecule has 3 aromatic rings. The van der Waals surface area contributed by atoms with E-state index in [0.717, 1.165) is 16.5 Å². The third-order valence-electron chi connectivity index (χ3n) is 3.14. The van der Waals surface area contributed by atoms with Crippen LogP contribution in [0.3, 0.4) is 0 Å². The van der Waals surface area contributed by atoms with Gasteiger partial charge in [0.15, 0.2) is 0 Å². The van der Waals surface area contributed by atoms with Gasteiger partial charge in [0.1, 0.15) is 17.5 Å². The molecular formula is C15H11Cl2F2N3O. The summed E-state index contributed by atoms with van der Waals surface area (Å²) in [5.74, 6) is 0.230. The molecule has 2 heterocycles. The summed E-state index contributed by atoms with van der Waals surface area (Å²) in [5.41, 5.74) is 1.60. The molecule has 8 heteroatoms. The molecule has 0 bridgehead atoms. The molecule has 0 aliphatic carbocycles. The van der Waals surface area contributed by atoms with Crippen LogP contribution in [-0.4, -0.2) is 27.8 Å². The molecule has 0 N–H and O–H groups in total. The number of alkyl halides is 2. The molecule has 0 aliphatic rings. The van der Waals surface area contributed by atoms with Crippen LogP contribution in [0, 0.1) is 0 Å². The Balaban J connectivity index is 1.79. The van der Waals surface area contributed by atoms with Gasteiger partial charge < -0.3 is 4.74 Å². The van der Waals surface area contributed by atoms with Crippen LogP contribution < -0.4 is 4.74 Å². The van der Waals surface area contributed by atoms with Gasteiger partial charge in [-0.1, -0.05) is 29.3 Å². The fourth-order valence-electron chi connectivity index (χ4n) is 2.14. The van der Waals surface area contributed by atoms with E-state index < -0.39 is 13.0 Å². The first-order valence-corrected chi connectivity index (χ1v) is 7.45. The quantitative estimate of drug-likeness (QED) is 0.634. The molecule has 0 amide bonds. The molecule has 0 unspecified atom stereocenters. The van der Waals surface area contributed by atoms with Gasteiger partial charge in [0.25, 0.3) is 6.43 Å². The van der Waals surface area contributed by atoms with Gasteiger partial charge in [-0.05, 0) is 23.8 Å². The summed E-state index contributed by atoms with van der Waals surface area (Å²) >= 11 is 12.1. The van der Waals surface area contributed by atoms with Gasteiger partial charge in [-0.3, -0.25) is 4.68 Å². The first-order valence-electron chi connectivity index (χ1n) is 6.70. The Morgan fingerprint density at radius 1 is 1.22 bits per heavy atom. The van der Waals surface area contributed by atoms with Crippen LogP contribution in [0.4, 0.5) is 8.78 Å². The topological polar surface area (TPSA) is 39.9 Å². The van der Waals surface area contributed by atoms with E-state index in [-0.39, 0.29) is 10.8 Å². The zero-order valence-corrected chi connectivity index (χ0v) is 13.2. The Hall–Kier alpha value is -1.92. The van der Waals surface area contributed by atoms with Crippen LogP contribution in [0.25, 0.3) is 10.9 Å². The van der Waals surface area contributed by atoms with E-state index in [1.807, 2.05) is 0 Å². The van der Waals surface area contributed by atoms with Crippen molar-refractivity contribution in [2.24, 2.45) is 0 Å². The summed E-state index contributed by atoms with van der Waals surface area (Å²) in [6.07, 6.45) is 0.842. The number of hydrogen-bond donors (Lipinski definition) is 0. The summed E-state index contributed by atoms with van der Waals surface area (Å²) < 4.78 is 31.0. The minimum absolute atomic E-state index is 0.230. The average molecular weight is 358 g/mol. The highest BCUT2D eigenvalue weighted by atomic mass is 35.5. The van der Waals surface area contributed by atoms with E-state index in [1.54, 1.807) is 41.3 Å². The lowest BCUT2D eigenvalue weighted by molar-refractivity contribution is 0.0819. The third kappa shape index (κ3) is 3.71. The second kappa shape index (κ2) is 6.68. The van der Waals surface area contributed by atoms with E-state index >= 15 is 0 Å². The number of hydrogen-bond acceptors (Lipinski definition) is 3. The van der Waals surface area contributed by atoms with Crippen LogP contribution in [-0.2, 0) is 6.54 Å². The van der Waals surface area contributed by atoms with Crippen LogP contribution in [0.15, 0.2) is 36.7 Å². The highest BCUT2D eigenvalue weighted by Crippen LogP contribution is 2.27. The second-order valence-electron chi connectivity index (χ2n) is 4.83. The molecule has 23 heavy (non-hydrogen) atoms. The average Bonchev–Trinajstić information content (AvgIpc) is 2.90. The fraction of sp³-hybridized carbons (Fsp3) is 0.200. The lowest BCUT2D eigenvalue weighted by atomic mass is 10.2. The Bertz CT molecular complexity index is 839. The predicted molar refractivity (Wildman–Crippen MR) is 84.6 cm³/mol. The summed E-state index contributed by atoms with van der Waals surface area (Å²) in [6.45, 7) is -0.227. The molecule has 0 fully saturated rings. The van der Waals surface area contributed by atoms with Crippen molar-refractivity contribution in [1.82, 2.24) is 14.8 Å². The predicted octanol–water partition coefficient (Wildman–Crippen LogP) is 4.43. The Morgan fingerprint density at radius 3 is 2.74 bits per heavy atom. The fourth-order valence-corrected chi connectivity index (χ4v) is 2.60. The number of rotatable bonds is 5. The highest BCUT2D eigenvalue weighted by Gasteiger charge is 2.09. The highest BCUT2D eigenvalue weighted by molar-refractivity contribution is 6.34. The van der Waals surface area contributed by atoms with Crippen molar-refractivity contribution < 1.29 is 13.5 Å². The molecule has 0 atom stereocenters. The van der Waals surface area contributed by atoms with Gasteiger partial charge in [0, 0.05) is 12.4 Å². The van der Waals surface area contributed by atoms with Crippen molar-refractivity contribution in [2.45, 2.75) is 13.0 Å². The van der Waals surface area contributed by atoms with E-state index in [2.05, 4.69) is 10.1 Å². The molecular weight excluding hydrogens is 347 g/mol. The summed E-state index contributed by atoms with van der Waals surface area (Å²) in [4.78, 5) is 4.00. The maximum atomic E-state index is 12.2. The molecule has 1 aromatic carbocycles. The van der Waals surface area contributed by atoms with Gasteiger partial charge in [0.05, 0.1) is 22.5 Å². The van der Waals surface area contributed by atoms with E-state index in [9.17, 15) is 8.78 Å². The summed E-state index contributed by atoms with van der Waals surface area (Å²) in [6, 6.07) is 6.75. The Labute approximate surface area is 140 Å². The number of aromatic nitrogens is 3. The van der Waals surface area contributed by atoms with Gasteiger partial charge in [-0.15, -0.1) is 0 Å². The lowest BCUT2D eigenvalue weighted by Crippen LogP contribution is -2.07. The standard InChI is InChI=1S/C15H11Cl2F2N3O/c16-11-5-9(1-2-13(11)23-8-14(18)19)6-22-7-10-12(21-22)3-4-20-15(10)17/h1-5,7,14H,6,8H2. The minimum Gasteiger partial charge on any atom is -0.486 e. The zero-order valence-electron chi connectivity index (χ0n) is 11.7. The van der Waals surface area contributed by atoms with Gasteiger partial charge in [0.2, 0.25) is 0 Å². The van der Waals surface area contributed by atoms with Crippen molar-refractivity contribution in [3.8, 4) is 5.75 Å². The molecule has 0 radical (unpaired) electrons. The van der Waals surface area contributed by atoms with Crippen molar-refractivity contribution in [3.63, 3.8) is 0 Å². The van der Waals surface area contributed by atoms with Crippen LogP contribution in [0.1, 0.15) is 5.56 Å². The third-order valence-corrected chi connectivity index (χ3v) is 3.74. The Kier molecular flexibility index (Phi) is 4.63. The normalized spacial score (nSPS) is 11.3. The van der Waals surface area contributed by atoms with Crippen LogP contribution in [0.2, 0.25) is 10.2 Å². The maximum absolute atomic E-state index is 12.2. The minimum atomic E-state index is -2.54. The van der Waals surface area contributed by atoms with Crippen molar-refractivity contribution >= 4 is 34.1 Å². The number of benzene rings is 1. The Morgan fingerprint density at radius 2 is 2.04 bits per heavy atom. The van der Waals surface area contributed by atoms with Crippen molar-refractivity contribution in [1.29, 1.82) is 0 Å². The molecule has 4 nitrogen and oxygen atoms in total. The van der Waals surface area contributed by atoms with Crippen LogP contribution in [0.5, 0.6) is 5.75 Å². The van der Waals surface area contributed by atoms with Crippen molar-refractivity contribution in [2.75, 3.05) is 6.61 Å². The molecule has 0 saturated heterocycles. The monoisotopic (exact) mass is 357 g/mol. The maximum Gasteiger partial charge on any atom is 0.272 e. The number of ether oxygens (including phenoxy) is 1. The molecule has 2 aromatic heterocycles. The number of pyridine rings is 1. The van der Waals surface area contributed by atoms with Gasteiger partial charge >= 0.3 is 0 Å². The van der Waals surface area contributed by atoms with E-state index in [1.165, 1.54) is 0 Å². The zero-order chi connectivity index (χ0) is 16.4. The number of nitrogens with zero attached hydrogens (tertiary/aromatic N) is 3. The SMILES string of the molecule is FC(F)COc1ccc(Cn2cc3c(Cl)nccc3n2)cc1Cl. The molecule has 0 saturated carbocycles. The lowest BCUT2D eigenvalue weighted by Gasteiger charge is -2.09. The molecule has 0 aliphatic heterocycles. The van der Waals surface area contributed by atoms with Crippen molar-refractivity contribution in [3.05, 3.63) is 52.4 Å². The second-order valence-corrected chi connectivity index (χ2v) is 5.59. The van der Waals surface area contributed by atoms with Crippen LogP contribution >= 0.6 is 23.2 Å². The molecule has 0 spiro atoms. The first kappa shape index (κ1) is 16.0.